The molecule has 3 rings (SSSR count). The largest absolute Gasteiger partial charge is 0.417 e. The summed E-state index contributed by atoms with van der Waals surface area (Å²) in [5.41, 5.74) is 0.828. The molecule has 0 fully saturated rings. The smallest absolute Gasteiger partial charge is 0.255 e. The number of rotatable bonds is 3. The van der Waals surface area contributed by atoms with Crippen LogP contribution >= 0.6 is 22.9 Å². The van der Waals surface area contributed by atoms with Gasteiger partial charge in [-0.2, -0.15) is 18.4 Å². The number of hydrogen-bond donors (Lipinski definition) is 0. The maximum Gasteiger partial charge on any atom is 0.417 e. The van der Waals surface area contributed by atoms with E-state index >= 15 is 0 Å². The third-order valence-corrected chi connectivity index (χ3v) is 4.55. The van der Waals surface area contributed by atoms with E-state index in [1.54, 1.807) is 17.5 Å². The van der Waals surface area contributed by atoms with Crippen molar-refractivity contribution < 1.29 is 13.2 Å². The highest BCUT2D eigenvalue weighted by Crippen LogP contribution is 2.30. The Bertz CT molecular complexity index is 984. The van der Waals surface area contributed by atoms with Crippen LogP contribution < -0.4 is 0 Å². The maximum absolute atomic E-state index is 12.6. The van der Waals surface area contributed by atoms with Crippen molar-refractivity contribution >= 4 is 34.6 Å². The summed E-state index contributed by atoms with van der Waals surface area (Å²) in [6, 6.07) is 11.2. The minimum atomic E-state index is -4.47. The Labute approximate surface area is 156 Å². The van der Waals surface area contributed by atoms with Crippen LogP contribution in [0.5, 0.6) is 0 Å². The van der Waals surface area contributed by atoms with E-state index in [4.69, 9.17) is 11.6 Å². The lowest BCUT2D eigenvalue weighted by atomic mass is 10.1. The van der Waals surface area contributed by atoms with E-state index in [0.29, 0.717) is 16.9 Å². The van der Waals surface area contributed by atoms with Gasteiger partial charge in [0.1, 0.15) is 11.1 Å². The monoisotopic (exact) mass is 391 g/mol. The second-order valence-electron chi connectivity index (χ2n) is 5.18. The number of nitriles is 1. The van der Waals surface area contributed by atoms with Crippen LogP contribution in [0.3, 0.4) is 0 Å². The summed E-state index contributed by atoms with van der Waals surface area (Å²) < 4.78 is 37.8. The first-order valence-corrected chi connectivity index (χ1v) is 8.49. The second-order valence-corrected chi connectivity index (χ2v) is 6.48. The van der Waals surface area contributed by atoms with Crippen molar-refractivity contribution in [3.8, 4) is 16.6 Å². The quantitative estimate of drug-likeness (QED) is 0.519. The van der Waals surface area contributed by atoms with Crippen LogP contribution in [0.4, 0.5) is 13.2 Å². The van der Waals surface area contributed by atoms with Crippen LogP contribution in [-0.2, 0) is 6.18 Å². The number of halogens is 4. The van der Waals surface area contributed by atoms with Gasteiger partial charge in [-0.1, -0.05) is 23.7 Å². The predicted octanol–water partition coefficient (Wildman–Crippen LogP) is 5.94. The Kier molecular flexibility index (Phi) is 5.07. The highest BCUT2D eigenvalue weighted by atomic mass is 35.5. The molecule has 0 unspecified atom stereocenters. The zero-order valence-electron chi connectivity index (χ0n) is 13.0. The zero-order valence-corrected chi connectivity index (χ0v) is 14.5. The Balaban J connectivity index is 1.88. The molecule has 0 amide bonds. The van der Waals surface area contributed by atoms with E-state index in [1.807, 2.05) is 18.2 Å². The number of aromatic nitrogens is 2. The van der Waals surface area contributed by atoms with Crippen LogP contribution in [0.1, 0.15) is 17.0 Å². The molecule has 3 nitrogen and oxygen atoms in total. The Morgan fingerprint density at radius 3 is 2.46 bits per heavy atom. The molecular weight excluding hydrogens is 383 g/mol. The van der Waals surface area contributed by atoms with E-state index in [9.17, 15) is 18.4 Å². The third-order valence-electron chi connectivity index (χ3n) is 3.39. The van der Waals surface area contributed by atoms with Gasteiger partial charge < -0.3 is 0 Å². The molecule has 0 atom stereocenters. The number of allylic oxidation sites excluding steroid dienone is 1. The van der Waals surface area contributed by atoms with Gasteiger partial charge in [-0.3, -0.25) is 4.98 Å². The molecule has 2 aromatic heterocycles. The molecule has 0 bridgehead atoms. The summed E-state index contributed by atoms with van der Waals surface area (Å²) in [5, 5.41) is 12.4. The molecule has 0 saturated carbocycles. The van der Waals surface area contributed by atoms with Gasteiger partial charge in [-0.25, -0.2) is 4.98 Å². The van der Waals surface area contributed by atoms with Crippen LogP contribution in [0.15, 0.2) is 48.0 Å². The predicted molar refractivity (Wildman–Crippen MR) is 95.3 cm³/mol. The van der Waals surface area contributed by atoms with Crippen LogP contribution in [-0.4, -0.2) is 9.97 Å². The maximum atomic E-state index is 12.6. The number of hydrogen-bond acceptors (Lipinski definition) is 4. The normalized spacial score (nSPS) is 12.0. The molecule has 2 heterocycles. The van der Waals surface area contributed by atoms with Gasteiger partial charge in [-0.05, 0) is 30.3 Å². The molecule has 26 heavy (non-hydrogen) atoms. The third kappa shape index (κ3) is 4.10. The van der Waals surface area contributed by atoms with Crippen molar-refractivity contribution in [2.45, 2.75) is 6.18 Å². The first kappa shape index (κ1) is 18.1. The van der Waals surface area contributed by atoms with Gasteiger partial charge in [0.05, 0.1) is 22.5 Å². The summed E-state index contributed by atoms with van der Waals surface area (Å²) in [5.74, 6) is 0. The Morgan fingerprint density at radius 2 is 1.88 bits per heavy atom. The summed E-state index contributed by atoms with van der Waals surface area (Å²) in [6.07, 6.45) is -2.27. The minimum Gasteiger partial charge on any atom is -0.255 e. The number of benzene rings is 1. The first-order chi connectivity index (χ1) is 12.4. The highest BCUT2D eigenvalue weighted by Gasteiger charge is 2.30. The fourth-order valence-electron chi connectivity index (χ4n) is 2.11. The molecule has 0 N–H and O–H groups in total. The van der Waals surface area contributed by atoms with E-state index in [0.717, 1.165) is 16.6 Å². The summed E-state index contributed by atoms with van der Waals surface area (Å²) in [6.45, 7) is 0. The lowest BCUT2D eigenvalue weighted by molar-refractivity contribution is -0.137. The lowest BCUT2D eigenvalue weighted by Gasteiger charge is -2.06. The number of pyridine rings is 1. The molecule has 130 valence electrons. The van der Waals surface area contributed by atoms with Crippen molar-refractivity contribution in [3.63, 3.8) is 0 Å². The fourth-order valence-corrected chi connectivity index (χ4v) is 3.02. The molecule has 1 aromatic carbocycles. The van der Waals surface area contributed by atoms with E-state index in [2.05, 4.69) is 9.97 Å². The fraction of sp³-hybridized carbons (Fsp3) is 0.0556. The standard InChI is InChI=1S/C18H9ClF3N3S/c19-14-4-1-11(2-5-14)17-25-15(10-26-17)7-12(8-23)16-6-3-13(9-24-16)18(20,21)22/h1-7,9-10H/b12-7-. The molecule has 0 aliphatic rings. The van der Waals surface area contributed by atoms with Crippen molar-refractivity contribution in [3.05, 3.63) is 69.9 Å². The molecule has 8 heteroatoms. The minimum absolute atomic E-state index is 0.131. The molecule has 0 spiro atoms. The Hall–Kier alpha value is -2.69. The summed E-state index contributed by atoms with van der Waals surface area (Å²) >= 11 is 7.24. The van der Waals surface area contributed by atoms with Gasteiger partial charge in [0, 0.05) is 22.2 Å². The van der Waals surface area contributed by atoms with Gasteiger partial charge >= 0.3 is 6.18 Å². The number of thiazole rings is 1. The van der Waals surface area contributed by atoms with Crippen LogP contribution in [0.25, 0.3) is 22.2 Å². The SMILES string of the molecule is N#C/C(=C/c1csc(-c2ccc(Cl)cc2)n1)c1ccc(C(F)(F)F)cn1. The average molecular weight is 392 g/mol. The summed E-state index contributed by atoms with van der Waals surface area (Å²) in [4.78, 5) is 8.16. The number of nitrogens with zero attached hydrogens (tertiary/aromatic N) is 3. The van der Waals surface area contributed by atoms with Crippen LogP contribution in [0.2, 0.25) is 5.02 Å². The van der Waals surface area contributed by atoms with Crippen molar-refractivity contribution in [2.75, 3.05) is 0 Å². The van der Waals surface area contributed by atoms with Gasteiger partial charge in [0.15, 0.2) is 0 Å². The Morgan fingerprint density at radius 1 is 1.15 bits per heavy atom. The molecule has 0 aliphatic heterocycles. The van der Waals surface area contributed by atoms with Crippen molar-refractivity contribution in [1.82, 2.24) is 9.97 Å². The average Bonchev–Trinajstić information content (AvgIpc) is 3.08. The van der Waals surface area contributed by atoms with Gasteiger partial charge in [-0.15, -0.1) is 11.3 Å². The molecule has 3 aromatic rings. The van der Waals surface area contributed by atoms with E-state index in [1.165, 1.54) is 23.5 Å². The molecular formula is C18H9ClF3N3S. The van der Waals surface area contributed by atoms with Gasteiger partial charge in [0.2, 0.25) is 0 Å². The summed E-state index contributed by atoms with van der Waals surface area (Å²) in [7, 11) is 0. The molecule has 0 saturated heterocycles. The second kappa shape index (κ2) is 7.28. The number of alkyl halides is 3. The van der Waals surface area contributed by atoms with E-state index < -0.39 is 11.7 Å². The van der Waals surface area contributed by atoms with Gasteiger partial charge in [0.25, 0.3) is 0 Å². The van der Waals surface area contributed by atoms with Crippen molar-refractivity contribution in [2.24, 2.45) is 0 Å². The highest BCUT2D eigenvalue weighted by molar-refractivity contribution is 7.13. The first-order valence-electron chi connectivity index (χ1n) is 7.24. The van der Waals surface area contributed by atoms with Crippen LogP contribution in [0, 0.1) is 11.3 Å². The topological polar surface area (TPSA) is 49.6 Å². The lowest BCUT2D eigenvalue weighted by Crippen LogP contribution is -2.05. The van der Waals surface area contributed by atoms with Crippen molar-refractivity contribution in [1.29, 1.82) is 5.26 Å². The molecule has 0 aliphatic carbocycles. The molecule has 0 radical (unpaired) electrons. The van der Waals surface area contributed by atoms with E-state index in [-0.39, 0.29) is 11.3 Å². The zero-order chi connectivity index (χ0) is 18.7.